The maximum atomic E-state index is 12.9. The third-order valence-corrected chi connectivity index (χ3v) is 5.81. The molecule has 0 radical (unpaired) electrons. The largest absolute Gasteiger partial charge is 0.481 e. The van der Waals surface area contributed by atoms with Gasteiger partial charge in [0.15, 0.2) is 11.8 Å². The molecule has 1 amide bonds. The molecule has 1 aliphatic rings. The fraction of sp³-hybridized carbons (Fsp3) is 0.316. The quantitative estimate of drug-likeness (QED) is 0.636. The maximum absolute atomic E-state index is 12.9. The van der Waals surface area contributed by atoms with Gasteiger partial charge in [0.05, 0.1) is 4.91 Å². The van der Waals surface area contributed by atoms with Crippen molar-refractivity contribution in [2.45, 2.75) is 26.7 Å². The number of thioether (sulfide) groups is 1. The molecule has 2 heterocycles. The molecular formula is C19H20N4O4S2. The Morgan fingerprint density at radius 2 is 2.10 bits per heavy atom. The van der Waals surface area contributed by atoms with Crippen LogP contribution in [0.25, 0.3) is 6.08 Å². The van der Waals surface area contributed by atoms with Gasteiger partial charge in [-0.1, -0.05) is 43.4 Å². The minimum Gasteiger partial charge on any atom is -0.481 e. The average molecular weight is 433 g/mol. The van der Waals surface area contributed by atoms with Crippen molar-refractivity contribution in [1.82, 2.24) is 15.1 Å². The second kappa shape index (κ2) is 9.66. The number of amidine groups is 1. The Balaban J connectivity index is 1.90. The summed E-state index contributed by atoms with van der Waals surface area (Å²) in [7, 11) is 0. The van der Waals surface area contributed by atoms with E-state index in [4.69, 9.17) is 9.84 Å². The molecule has 2 aromatic rings. The van der Waals surface area contributed by atoms with Crippen LogP contribution in [0.15, 0.2) is 34.2 Å². The van der Waals surface area contributed by atoms with E-state index in [9.17, 15) is 9.59 Å². The van der Waals surface area contributed by atoms with Gasteiger partial charge in [-0.15, -0.1) is 10.2 Å². The Hall–Kier alpha value is -2.72. The highest BCUT2D eigenvalue weighted by Crippen LogP contribution is 2.36. The first-order valence-electron chi connectivity index (χ1n) is 9.08. The molecule has 29 heavy (non-hydrogen) atoms. The van der Waals surface area contributed by atoms with E-state index in [0.29, 0.717) is 33.1 Å². The molecule has 1 aromatic heterocycles. The number of hydrogen-bond donors (Lipinski definition) is 1. The molecule has 1 aromatic carbocycles. The Bertz CT molecular complexity index is 971. The Morgan fingerprint density at radius 1 is 1.31 bits per heavy atom. The summed E-state index contributed by atoms with van der Waals surface area (Å²) >= 11 is 2.66. The monoisotopic (exact) mass is 432 g/mol. The number of carbonyl (C=O) groups is 2. The van der Waals surface area contributed by atoms with Gasteiger partial charge in [-0.05, 0) is 36.7 Å². The van der Waals surface area contributed by atoms with Gasteiger partial charge in [0.25, 0.3) is 5.91 Å². The highest BCUT2D eigenvalue weighted by Gasteiger charge is 2.33. The topological polar surface area (TPSA) is 105 Å². The van der Waals surface area contributed by atoms with E-state index in [1.807, 2.05) is 13.8 Å². The number of para-hydroxylation sites is 1. The smallest absolute Gasteiger partial charge is 0.341 e. The summed E-state index contributed by atoms with van der Waals surface area (Å²) in [5.74, 6) is -0.811. The number of aliphatic imine (C=N–C) groups is 1. The van der Waals surface area contributed by atoms with Gasteiger partial charge in [0, 0.05) is 12.1 Å². The van der Waals surface area contributed by atoms with Crippen molar-refractivity contribution in [1.29, 1.82) is 0 Å². The summed E-state index contributed by atoms with van der Waals surface area (Å²) in [5.41, 5.74) is 0.631. The summed E-state index contributed by atoms with van der Waals surface area (Å²) in [6, 6.07) is 7.00. The molecule has 1 aliphatic heterocycles. The van der Waals surface area contributed by atoms with Crippen LogP contribution in [0, 0.1) is 0 Å². The predicted octanol–water partition coefficient (Wildman–Crippen LogP) is 3.58. The number of carboxylic acid groups (broad SMARTS) is 1. The fourth-order valence-corrected chi connectivity index (χ4v) is 4.24. The van der Waals surface area contributed by atoms with Gasteiger partial charge in [0.2, 0.25) is 5.13 Å². The van der Waals surface area contributed by atoms with Crippen LogP contribution in [0.4, 0.5) is 5.13 Å². The number of rotatable bonds is 8. The van der Waals surface area contributed by atoms with Crippen LogP contribution in [-0.2, 0) is 16.0 Å². The third kappa shape index (κ3) is 5.21. The minimum absolute atomic E-state index is 0.149. The van der Waals surface area contributed by atoms with Crippen molar-refractivity contribution in [3.8, 4) is 5.75 Å². The van der Waals surface area contributed by atoms with Gasteiger partial charge >= 0.3 is 5.97 Å². The lowest BCUT2D eigenvalue weighted by atomic mass is 10.2. The highest BCUT2D eigenvalue weighted by molar-refractivity contribution is 8.18. The maximum Gasteiger partial charge on any atom is 0.341 e. The lowest BCUT2D eigenvalue weighted by Gasteiger charge is -2.13. The van der Waals surface area contributed by atoms with Crippen molar-refractivity contribution < 1.29 is 19.4 Å². The minimum atomic E-state index is -1.06. The second-order valence-electron chi connectivity index (χ2n) is 6.01. The molecule has 0 unspecified atom stereocenters. The number of benzene rings is 1. The van der Waals surface area contributed by atoms with Crippen LogP contribution in [0.2, 0.25) is 0 Å². The third-order valence-electron chi connectivity index (χ3n) is 3.84. The molecule has 3 rings (SSSR count). The molecule has 0 aliphatic carbocycles. The number of ether oxygens (including phenoxy) is 1. The van der Waals surface area contributed by atoms with Gasteiger partial charge in [0.1, 0.15) is 10.8 Å². The standard InChI is InChI=1S/C19H20N4O4S2/c1-3-9-23-17(26)14(28-19(23)20-18-22-21-15(4-2)29-18)10-12-7-5-6-8-13(12)27-11-16(24)25/h5-8,10H,3-4,9,11H2,1-2H3,(H,24,25)/b14-10+,20-19+. The van der Waals surface area contributed by atoms with Gasteiger partial charge in [-0.3, -0.25) is 9.69 Å². The van der Waals surface area contributed by atoms with E-state index in [1.54, 1.807) is 35.2 Å². The summed E-state index contributed by atoms with van der Waals surface area (Å²) in [6.07, 6.45) is 3.27. The number of amides is 1. The molecule has 10 heteroatoms. The molecule has 8 nitrogen and oxygen atoms in total. The summed E-state index contributed by atoms with van der Waals surface area (Å²) < 4.78 is 5.33. The summed E-state index contributed by atoms with van der Waals surface area (Å²) in [6.45, 7) is 4.08. The van der Waals surface area contributed by atoms with E-state index < -0.39 is 12.6 Å². The zero-order valence-electron chi connectivity index (χ0n) is 16.0. The first-order chi connectivity index (χ1) is 14.0. The molecule has 1 N–H and O–H groups in total. The summed E-state index contributed by atoms with van der Waals surface area (Å²) in [4.78, 5) is 30.4. The number of hydrogen-bond acceptors (Lipinski definition) is 8. The first kappa shape index (κ1) is 21.0. The van der Waals surface area contributed by atoms with Crippen LogP contribution >= 0.6 is 23.1 Å². The molecular weight excluding hydrogens is 412 g/mol. The van der Waals surface area contributed by atoms with Crippen molar-refractivity contribution in [3.63, 3.8) is 0 Å². The predicted molar refractivity (Wildman–Crippen MR) is 114 cm³/mol. The molecule has 152 valence electrons. The number of aromatic nitrogens is 2. The summed E-state index contributed by atoms with van der Waals surface area (Å²) in [5, 5.41) is 19.0. The molecule has 0 bridgehead atoms. The van der Waals surface area contributed by atoms with Crippen molar-refractivity contribution >= 4 is 51.4 Å². The lowest BCUT2D eigenvalue weighted by molar-refractivity contribution is -0.139. The highest BCUT2D eigenvalue weighted by atomic mass is 32.2. The van der Waals surface area contributed by atoms with Crippen LogP contribution in [-0.4, -0.2) is 50.4 Å². The van der Waals surface area contributed by atoms with Crippen molar-refractivity contribution in [3.05, 3.63) is 39.7 Å². The van der Waals surface area contributed by atoms with Gasteiger partial charge < -0.3 is 9.84 Å². The number of aryl methyl sites for hydroxylation is 1. The Morgan fingerprint density at radius 3 is 2.79 bits per heavy atom. The SMILES string of the molecule is CCCN1C(=O)/C(=C\c2ccccc2OCC(=O)O)S/C1=N/c1nnc(CC)s1. The van der Waals surface area contributed by atoms with Crippen molar-refractivity contribution in [2.75, 3.05) is 13.2 Å². The number of carbonyl (C=O) groups excluding carboxylic acids is 1. The number of aliphatic carboxylic acids is 1. The van der Waals surface area contributed by atoms with Crippen LogP contribution in [0.1, 0.15) is 30.8 Å². The van der Waals surface area contributed by atoms with Crippen LogP contribution in [0.5, 0.6) is 5.75 Å². The zero-order chi connectivity index (χ0) is 20.8. The molecule has 0 saturated carbocycles. The van der Waals surface area contributed by atoms with E-state index in [2.05, 4.69) is 15.2 Å². The first-order valence-corrected chi connectivity index (χ1v) is 10.7. The molecule has 0 atom stereocenters. The van der Waals surface area contributed by atoms with E-state index in [-0.39, 0.29) is 5.91 Å². The average Bonchev–Trinajstić information content (AvgIpc) is 3.27. The molecule has 1 saturated heterocycles. The van der Waals surface area contributed by atoms with E-state index in [1.165, 1.54) is 23.1 Å². The number of carboxylic acids is 1. The van der Waals surface area contributed by atoms with E-state index in [0.717, 1.165) is 17.8 Å². The Kier molecular flexibility index (Phi) is 6.99. The Labute approximate surface area is 176 Å². The van der Waals surface area contributed by atoms with Gasteiger partial charge in [-0.2, -0.15) is 4.99 Å². The normalized spacial score (nSPS) is 16.8. The van der Waals surface area contributed by atoms with Crippen LogP contribution < -0.4 is 4.74 Å². The van der Waals surface area contributed by atoms with Gasteiger partial charge in [-0.25, -0.2) is 4.79 Å². The lowest BCUT2D eigenvalue weighted by Crippen LogP contribution is -2.29. The second-order valence-corrected chi connectivity index (χ2v) is 8.06. The zero-order valence-corrected chi connectivity index (χ0v) is 17.6. The molecule has 0 spiro atoms. The fourth-order valence-electron chi connectivity index (χ4n) is 2.54. The van der Waals surface area contributed by atoms with Crippen molar-refractivity contribution in [2.24, 2.45) is 4.99 Å². The molecule has 1 fully saturated rings. The van der Waals surface area contributed by atoms with E-state index >= 15 is 0 Å². The van der Waals surface area contributed by atoms with Crippen LogP contribution in [0.3, 0.4) is 0 Å². The number of nitrogens with zero attached hydrogens (tertiary/aromatic N) is 4.